The van der Waals surface area contributed by atoms with Gasteiger partial charge >= 0.3 is 0 Å². The summed E-state index contributed by atoms with van der Waals surface area (Å²) >= 11 is 0. The van der Waals surface area contributed by atoms with Crippen LogP contribution in [0.25, 0.3) is 16.8 Å². The molecule has 0 saturated heterocycles. The van der Waals surface area contributed by atoms with Gasteiger partial charge in [0.05, 0.1) is 15.9 Å². The van der Waals surface area contributed by atoms with Gasteiger partial charge < -0.3 is 14.8 Å². The molecule has 0 aliphatic carbocycles. The number of hydrogen-bond donors (Lipinski definition) is 2. The van der Waals surface area contributed by atoms with Gasteiger partial charge in [-0.3, -0.25) is 5.10 Å². The van der Waals surface area contributed by atoms with Crippen LogP contribution >= 0.6 is 0 Å². The Bertz CT molecular complexity index is 1270. The quantitative estimate of drug-likeness (QED) is 0.567. The van der Waals surface area contributed by atoms with Crippen LogP contribution in [0.1, 0.15) is 0 Å². The molecule has 10 heteroatoms. The van der Waals surface area contributed by atoms with Gasteiger partial charge in [0.25, 0.3) is 5.78 Å². The van der Waals surface area contributed by atoms with Gasteiger partial charge in [0.2, 0.25) is 12.7 Å². The van der Waals surface area contributed by atoms with Crippen LogP contribution in [0.3, 0.4) is 0 Å². The van der Waals surface area contributed by atoms with Crippen LogP contribution < -0.4 is 14.8 Å². The molecule has 5 rings (SSSR count). The average Bonchev–Trinajstić information content (AvgIpc) is 3.26. The van der Waals surface area contributed by atoms with Crippen molar-refractivity contribution in [2.24, 2.45) is 0 Å². The molecule has 0 amide bonds. The van der Waals surface area contributed by atoms with Crippen LogP contribution in [-0.2, 0) is 9.84 Å². The molecule has 3 heterocycles. The van der Waals surface area contributed by atoms with Crippen molar-refractivity contribution >= 4 is 38.3 Å². The Morgan fingerprint density at radius 2 is 1.96 bits per heavy atom. The van der Waals surface area contributed by atoms with Crippen molar-refractivity contribution in [2.75, 3.05) is 18.4 Å². The number of fused-ring (bicyclic) bond motifs is 4. The summed E-state index contributed by atoms with van der Waals surface area (Å²) in [5.74, 6) is 2.24. The summed E-state index contributed by atoms with van der Waals surface area (Å²) < 4.78 is 35.9. The second kappa shape index (κ2) is 5.11. The summed E-state index contributed by atoms with van der Waals surface area (Å²) in [6, 6.07) is 10.2. The van der Waals surface area contributed by atoms with Gasteiger partial charge in [-0.2, -0.15) is 4.98 Å². The molecule has 0 spiro atoms. The smallest absolute Gasteiger partial charge is 0.253 e. The Morgan fingerprint density at radius 1 is 1.15 bits per heavy atom. The van der Waals surface area contributed by atoms with Crippen molar-refractivity contribution in [1.29, 1.82) is 0 Å². The van der Waals surface area contributed by atoms with E-state index in [9.17, 15) is 8.42 Å². The number of ether oxygens (including phenoxy) is 2. The van der Waals surface area contributed by atoms with Crippen LogP contribution in [0.5, 0.6) is 11.5 Å². The van der Waals surface area contributed by atoms with Crippen LogP contribution in [0, 0.1) is 0 Å². The van der Waals surface area contributed by atoms with E-state index < -0.39 is 9.84 Å². The Balaban J connectivity index is 1.54. The number of nitrogens with one attached hydrogen (secondary N) is 2. The van der Waals surface area contributed by atoms with E-state index in [2.05, 4.69) is 20.4 Å². The average molecular weight is 371 g/mol. The maximum Gasteiger partial charge on any atom is 0.253 e. The summed E-state index contributed by atoms with van der Waals surface area (Å²) in [4.78, 5) is 9.09. The first kappa shape index (κ1) is 15.0. The Labute approximate surface area is 147 Å². The lowest BCUT2D eigenvalue weighted by molar-refractivity contribution is 0.174. The predicted molar refractivity (Wildman–Crippen MR) is 93.8 cm³/mol. The van der Waals surface area contributed by atoms with Gasteiger partial charge in [-0.25, -0.2) is 17.9 Å². The van der Waals surface area contributed by atoms with E-state index >= 15 is 0 Å². The van der Waals surface area contributed by atoms with Crippen LogP contribution in [0.2, 0.25) is 0 Å². The zero-order valence-electron chi connectivity index (χ0n) is 13.6. The Morgan fingerprint density at radius 3 is 2.77 bits per heavy atom. The van der Waals surface area contributed by atoms with Gasteiger partial charge in [0.15, 0.2) is 21.3 Å². The Hall–Kier alpha value is -3.27. The van der Waals surface area contributed by atoms with Crippen LogP contribution in [0.4, 0.5) is 11.6 Å². The van der Waals surface area contributed by atoms with Crippen molar-refractivity contribution in [1.82, 2.24) is 19.6 Å². The van der Waals surface area contributed by atoms with E-state index in [1.807, 2.05) is 12.1 Å². The highest BCUT2D eigenvalue weighted by molar-refractivity contribution is 7.90. The van der Waals surface area contributed by atoms with Gasteiger partial charge in [-0.15, -0.1) is 0 Å². The SMILES string of the molecule is CS(=O)(=O)c1cccc(Nc2nc3nc4cc5c(cc4n3[nH]2)OCO5)c1. The molecule has 0 atom stereocenters. The van der Waals surface area contributed by atoms with Gasteiger partial charge in [0.1, 0.15) is 0 Å². The molecule has 1 aliphatic heterocycles. The lowest BCUT2D eigenvalue weighted by Crippen LogP contribution is -1.99. The minimum absolute atomic E-state index is 0.197. The largest absolute Gasteiger partial charge is 0.454 e. The highest BCUT2D eigenvalue weighted by Crippen LogP contribution is 2.36. The van der Waals surface area contributed by atoms with Crippen molar-refractivity contribution in [3.63, 3.8) is 0 Å². The number of anilines is 2. The first-order chi connectivity index (χ1) is 12.5. The fourth-order valence-corrected chi connectivity index (χ4v) is 3.53. The number of aromatic nitrogens is 4. The summed E-state index contributed by atoms with van der Waals surface area (Å²) in [6.07, 6.45) is 1.17. The Kier molecular flexibility index (Phi) is 2.95. The predicted octanol–water partition coefficient (Wildman–Crippen LogP) is 2.09. The molecule has 0 bridgehead atoms. The zero-order chi connectivity index (χ0) is 17.9. The van der Waals surface area contributed by atoms with Crippen molar-refractivity contribution in [3.8, 4) is 11.5 Å². The standard InChI is InChI=1S/C16H13N5O4S/c1-26(22,23)10-4-2-3-9(5-10)17-15-19-16-18-11-6-13-14(25-8-24-13)7-12(11)21(16)20-15/h2-7H,8H2,1H3,(H2,17,18,19,20). The number of aromatic amines is 1. The number of sulfone groups is 1. The molecular formula is C16H13N5O4S. The van der Waals surface area contributed by atoms with E-state index in [1.165, 1.54) is 6.26 Å². The first-order valence-electron chi connectivity index (χ1n) is 7.72. The summed E-state index contributed by atoms with van der Waals surface area (Å²) in [5.41, 5.74) is 2.14. The van der Waals surface area contributed by atoms with E-state index in [1.54, 1.807) is 28.8 Å². The van der Waals surface area contributed by atoms with E-state index in [0.29, 0.717) is 28.9 Å². The molecule has 132 valence electrons. The topological polar surface area (TPSA) is 111 Å². The highest BCUT2D eigenvalue weighted by Gasteiger charge is 2.18. The van der Waals surface area contributed by atoms with E-state index in [4.69, 9.17) is 9.47 Å². The molecule has 0 unspecified atom stereocenters. The normalized spacial score (nSPS) is 13.6. The fraction of sp³-hybridized carbons (Fsp3) is 0.125. The van der Waals surface area contributed by atoms with Gasteiger partial charge in [-0.05, 0) is 18.2 Å². The van der Waals surface area contributed by atoms with Gasteiger partial charge in [0, 0.05) is 24.1 Å². The second-order valence-corrected chi connectivity index (χ2v) is 7.95. The molecule has 2 N–H and O–H groups in total. The fourth-order valence-electron chi connectivity index (χ4n) is 2.87. The van der Waals surface area contributed by atoms with Crippen LogP contribution in [0.15, 0.2) is 41.3 Å². The first-order valence-corrected chi connectivity index (χ1v) is 9.61. The third-order valence-corrected chi connectivity index (χ3v) is 5.20. The maximum absolute atomic E-state index is 11.7. The molecule has 26 heavy (non-hydrogen) atoms. The summed E-state index contributed by atoms with van der Waals surface area (Å²) in [5, 5.41) is 6.16. The zero-order valence-corrected chi connectivity index (χ0v) is 14.4. The number of rotatable bonds is 3. The minimum atomic E-state index is -3.28. The molecular weight excluding hydrogens is 358 g/mol. The van der Waals surface area contributed by atoms with E-state index in [-0.39, 0.29) is 11.7 Å². The third-order valence-electron chi connectivity index (χ3n) is 4.09. The minimum Gasteiger partial charge on any atom is -0.454 e. The molecule has 9 nitrogen and oxygen atoms in total. The number of nitrogens with zero attached hydrogens (tertiary/aromatic N) is 3. The molecule has 1 aliphatic rings. The molecule has 0 fully saturated rings. The van der Waals surface area contributed by atoms with Crippen molar-refractivity contribution < 1.29 is 17.9 Å². The number of imidazole rings is 1. The van der Waals surface area contributed by atoms with Crippen molar-refractivity contribution in [2.45, 2.75) is 4.90 Å². The van der Waals surface area contributed by atoms with E-state index in [0.717, 1.165) is 11.0 Å². The van der Waals surface area contributed by atoms with Crippen LogP contribution in [-0.4, -0.2) is 41.0 Å². The highest BCUT2D eigenvalue weighted by atomic mass is 32.2. The maximum atomic E-state index is 11.7. The molecule has 0 radical (unpaired) electrons. The number of H-pyrrole nitrogens is 1. The lowest BCUT2D eigenvalue weighted by Gasteiger charge is -2.04. The third kappa shape index (κ3) is 2.34. The molecule has 2 aromatic heterocycles. The van der Waals surface area contributed by atoms with Gasteiger partial charge in [-0.1, -0.05) is 6.07 Å². The molecule has 4 aromatic rings. The summed E-state index contributed by atoms with van der Waals surface area (Å²) in [6.45, 7) is 0.197. The summed E-state index contributed by atoms with van der Waals surface area (Å²) in [7, 11) is -3.28. The lowest BCUT2D eigenvalue weighted by atomic mass is 10.3. The number of benzene rings is 2. The number of hydrogen-bond acceptors (Lipinski definition) is 7. The molecule has 0 saturated carbocycles. The molecule has 2 aromatic carbocycles. The van der Waals surface area contributed by atoms with Crippen molar-refractivity contribution in [3.05, 3.63) is 36.4 Å². The second-order valence-electron chi connectivity index (χ2n) is 5.94. The monoisotopic (exact) mass is 371 g/mol.